The molecule has 4 rings (SSSR count). The Bertz CT molecular complexity index is 1120. The third kappa shape index (κ3) is 4.24. The summed E-state index contributed by atoms with van der Waals surface area (Å²) in [7, 11) is 1.34. The largest absolute Gasteiger partial charge is 0.484 e. The number of fused-ring (bicyclic) bond motifs is 2. The van der Waals surface area contributed by atoms with Crippen molar-refractivity contribution in [1.82, 2.24) is 4.57 Å². The highest BCUT2D eigenvalue weighted by Crippen LogP contribution is 2.37. The van der Waals surface area contributed by atoms with Gasteiger partial charge in [-0.3, -0.25) is 9.59 Å². The molecule has 0 unspecified atom stereocenters. The van der Waals surface area contributed by atoms with Crippen LogP contribution in [0.5, 0.6) is 17.2 Å². The van der Waals surface area contributed by atoms with Crippen molar-refractivity contribution in [3.63, 3.8) is 0 Å². The number of carbonyl (C=O) groups is 2. The van der Waals surface area contributed by atoms with Crippen molar-refractivity contribution < 1.29 is 28.5 Å². The van der Waals surface area contributed by atoms with Gasteiger partial charge < -0.3 is 23.5 Å². The molecule has 0 bridgehead atoms. The molecule has 0 spiro atoms. The molecule has 1 aromatic heterocycles. The lowest BCUT2D eigenvalue weighted by Gasteiger charge is -2.05. The van der Waals surface area contributed by atoms with E-state index in [4.69, 9.17) is 18.9 Å². The van der Waals surface area contributed by atoms with E-state index in [0.717, 1.165) is 10.2 Å². The quantitative estimate of drug-likeness (QED) is 0.576. The summed E-state index contributed by atoms with van der Waals surface area (Å²) in [6.07, 6.45) is 0.151. The van der Waals surface area contributed by atoms with E-state index in [2.05, 4.69) is 4.99 Å². The Morgan fingerprint density at radius 1 is 1.17 bits per heavy atom. The molecule has 0 aliphatic carbocycles. The number of hydrogen-bond acceptors (Lipinski definition) is 7. The number of aryl methyl sites for hydroxylation is 1. The Hall–Kier alpha value is -3.33. The minimum Gasteiger partial charge on any atom is -0.484 e. The summed E-state index contributed by atoms with van der Waals surface area (Å²) in [5.41, 5.74) is 0.804. The van der Waals surface area contributed by atoms with Gasteiger partial charge in [0.1, 0.15) is 5.75 Å². The summed E-state index contributed by atoms with van der Waals surface area (Å²) in [6.45, 7) is 0.303. The number of thiazole rings is 1. The molecular weight excluding hydrogens is 396 g/mol. The van der Waals surface area contributed by atoms with Crippen LogP contribution in [0, 0.1) is 0 Å². The average Bonchev–Trinajstić information content (AvgIpc) is 3.32. The second kappa shape index (κ2) is 8.36. The summed E-state index contributed by atoms with van der Waals surface area (Å²) in [4.78, 5) is 28.7. The van der Waals surface area contributed by atoms with Crippen LogP contribution in [0.15, 0.2) is 47.5 Å². The monoisotopic (exact) mass is 414 g/mol. The third-order valence-electron chi connectivity index (χ3n) is 4.27. The molecule has 1 aliphatic rings. The normalized spacial score (nSPS) is 12.9. The molecule has 9 heteroatoms. The summed E-state index contributed by atoms with van der Waals surface area (Å²) in [5.74, 6) is 1.09. The molecule has 150 valence electrons. The summed E-state index contributed by atoms with van der Waals surface area (Å²) in [5, 5.41) is 0. The van der Waals surface area contributed by atoms with Gasteiger partial charge in [0, 0.05) is 18.7 Å². The van der Waals surface area contributed by atoms with Crippen LogP contribution < -0.4 is 19.0 Å². The number of esters is 1. The fourth-order valence-electron chi connectivity index (χ4n) is 2.87. The number of methoxy groups -OCH3 is 1. The van der Waals surface area contributed by atoms with E-state index < -0.39 is 5.91 Å². The lowest BCUT2D eigenvalue weighted by Crippen LogP contribution is -2.21. The number of hydrogen-bond donors (Lipinski definition) is 0. The van der Waals surface area contributed by atoms with Gasteiger partial charge in [0.25, 0.3) is 5.91 Å². The molecule has 2 aromatic carbocycles. The zero-order chi connectivity index (χ0) is 20.2. The molecular formula is C20H18N2O6S. The summed E-state index contributed by atoms with van der Waals surface area (Å²) < 4.78 is 23.7. The molecule has 0 radical (unpaired) electrons. The van der Waals surface area contributed by atoms with Crippen LogP contribution >= 0.6 is 11.3 Å². The maximum absolute atomic E-state index is 12.4. The van der Waals surface area contributed by atoms with Gasteiger partial charge in [0.05, 0.1) is 23.7 Å². The van der Waals surface area contributed by atoms with Crippen LogP contribution in [-0.2, 0) is 20.9 Å². The van der Waals surface area contributed by atoms with Crippen LogP contribution in [0.2, 0.25) is 0 Å². The Labute approximate surface area is 169 Å². The van der Waals surface area contributed by atoms with E-state index >= 15 is 0 Å². The Morgan fingerprint density at radius 3 is 2.69 bits per heavy atom. The van der Waals surface area contributed by atoms with E-state index in [0.29, 0.717) is 28.6 Å². The SMILES string of the molecule is COC(=O)CCn1c(=NC(=O)COc2ccccc2)sc2cc3c(cc21)OCO3. The molecule has 0 saturated heterocycles. The molecule has 29 heavy (non-hydrogen) atoms. The van der Waals surface area contributed by atoms with Crippen LogP contribution in [-0.4, -0.2) is 37.0 Å². The van der Waals surface area contributed by atoms with Crippen LogP contribution in [0.1, 0.15) is 6.42 Å². The first-order valence-electron chi connectivity index (χ1n) is 8.89. The Morgan fingerprint density at radius 2 is 1.93 bits per heavy atom. The van der Waals surface area contributed by atoms with E-state index in [1.165, 1.54) is 18.4 Å². The van der Waals surface area contributed by atoms with Gasteiger partial charge in [0.15, 0.2) is 22.9 Å². The fraction of sp³-hybridized carbons (Fsp3) is 0.250. The van der Waals surface area contributed by atoms with E-state index in [1.807, 2.05) is 30.3 Å². The summed E-state index contributed by atoms with van der Waals surface area (Å²) in [6, 6.07) is 12.7. The average molecular weight is 414 g/mol. The standard InChI is InChI=1S/C20H18N2O6S/c1-25-19(24)7-8-22-14-9-15-16(28-12-27-15)10-17(14)29-20(22)21-18(23)11-26-13-5-3-2-4-6-13/h2-6,9-10H,7-8,11-12H2,1H3. The number of aromatic nitrogens is 1. The van der Waals surface area contributed by atoms with Crippen molar-refractivity contribution in [3.05, 3.63) is 47.3 Å². The van der Waals surface area contributed by atoms with Crippen molar-refractivity contribution in [2.24, 2.45) is 4.99 Å². The zero-order valence-electron chi connectivity index (χ0n) is 15.6. The smallest absolute Gasteiger partial charge is 0.307 e. The number of rotatable bonds is 6. The Kier molecular flexibility index (Phi) is 5.48. The van der Waals surface area contributed by atoms with Crippen LogP contribution in [0.4, 0.5) is 0 Å². The van der Waals surface area contributed by atoms with E-state index in [-0.39, 0.29) is 25.8 Å². The molecule has 0 saturated carbocycles. The topological polar surface area (TPSA) is 88.4 Å². The molecule has 3 aromatic rings. The first kappa shape index (κ1) is 19.0. The molecule has 1 amide bonds. The van der Waals surface area contributed by atoms with Crippen LogP contribution in [0.3, 0.4) is 0 Å². The van der Waals surface area contributed by atoms with E-state index in [1.54, 1.807) is 16.7 Å². The highest BCUT2D eigenvalue weighted by atomic mass is 32.1. The van der Waals surface area contributed by atoms with Crippen LogP contribution in [0.25, 0.3) is 10.2 Å². The zero-order valence-corrected chi connectivity index (χ0v) is 16.4. The maximum atomic E-state index is 12.4. The van der Waals surface area contributed by atoms with Crippen molar-refractivity contribution in [2.45, 2.75) is 13.0 Å². The molecule has 8 nitrogen and oxygen atoms in total. The first-order valence-corrected chi connectivity index (χ1v) is 9.71. The fourth-order valence-corrected chi connectivity index (χ4v) is 3.95. The van der Waals surface area contributed by atoms with Crippen molar-refractivity contribution in [3.8, 4) is 17.2 Å². The predicted molar refractivity (Wildman–Crippen MR) is 105 cm³/mol. The number of para-hydroxylation sites is 1. The highest BCUT2D eigenvalue weighted by molar-refractivity contribution is 7.16. The maximum Gasteiger partial charge on any atom is 0.307 e. The van der Waals surface area contributed by atoms with Gasteiger partial charge in [-0.05, 0) is 12.1 Å². The van der Waals surface area contributed by atoms with Gasteiger partial charge in [-0.2, -0.15) is 4.99 Å². The Balaban J connectivity index is 1.65. The van der Waals surface area contributed by atoms with Gasteiger partial charge >= 0.3 is 5.97 Å². The second-order valence-electron chi connectivity index (χ2n) is 6.14. The number of benzene rings is 2. The number of nitrogens with zero attached hydrogens (tertiary/aromatic N) is 2. The minimum absolute atomic E-state index is 0.151. The van der Waals surface area contributed by atoms with Gasteiger partial charge in [-0.1, -0.05) is 29.5 Å². The number of amides is 1. The number of carbonyl (C=O) groups excluding carboxylic acids is 2. The van der Waals surface area contributed by atoms with Crippen molar-refractivity contribution in [2.75, 3.05) is 20.5 Å². The second-order valence-corrected chi connectivity index (χ2v) is 7.15. The molecule has 2 heterocycles. The molecule has 0 fully saturated rings. The van der Waals surface area contributed by atoms with Gasteiger partial charge in [-0.15, -0.1) is 0 Å². The van der Waals surface area contributed by atoms with Crippen molar-refractivity contribution >= 4 is 33.4 Å². The molecule has 0 atom stereocenters. The molecule has 0 N–H and O–H groups in total. The number of ether oxygens (including phenoxy) is 4. The lowest BCUT2D eigenvalue weighted by molar-refractivity contribution is -0.140. The predicted octanol–water partition coefficient (Wildman–Crippen LogP) is 2.50. The van der Waals surface area contributed by atoms with E-state index in [9.17, 15) is 9.59 Å². The minimum atomic E-state index is -0.424. The summed E-state index contributed by atoms with van der Waals surface area (Å²) >= 11 is 1.33. The van der Waals surface area contributed by atoms with Gasteiger partial charge in [-0.25, -0.2) is 0 Å². The third-order valence-corrected chi connectivity index (χ3v) is 5.31. The molecule has 1 aliphatic heterocycles. The lowest BCUT2D eigenvalue weighted by atomic mass is 10.3. The highest BCUT2D eigenvalue weighted by Gasteiger charge is 2.18. The first-order chi connectivity index (χ1) is 14.1. The van der Waals surface area contributed by atoms with Crippen molar-refractivity contribution in [1.29, 1.82) is 0 Å². The van der Waals surface area contributed by atoms with Gasteiger partial charge in [0.2, 0.25) is 6.79 Å².